The highest BCUT2D eigenvalue weighted by molar-refractivity contribution is 6.32. The van der Waals surface area contributed by atoms with Crippen LogP contribution in [0.25, 0.3) is 10.9 Å². The van der Waals surface area contributed by atoms with Crippen molar-refractivity contribution in [2.24, 2.45) is 7.05 Å². The molecular weight excluding hydrogens is 384 g/mol. The van der Waals surface area contributed by atoms with Crippen LogP contribution in [0.2, 0.25) is 5.02 Å². The average molecular weight is 403 g/mol. The number of carbonyl (C=O) groups is 1. The standard InChI is InChI=1S/C18H19ClN6O3/c1-20-15(26)9-28-14-7-10-6-11(4-5-13(10)25(3)17(14)27)23-16-12(19)8-22-18(21-2)24-16/h4-8H,9H2,1-3H3,(H,20,26)(H2,21,22,23,24). The number of hydrogen-bond donors (Lipinski definition) is 3. The molecule has 2 aromatic heterocycles. The number of fused-ring (bicyclic) bond motifs is 1. The summed E-state index contributed by atoms with van der Waals surface area (Å²) in [5.41, 5.74) is 1.10. The third-order valence-corrected chi connectivity index (χ3v) is 4.34. The molecule has 0 bridgehead atoms. The molecule has 0 saturated heterocycles. The number of nitrogens with zero attached hydrogens (tertiary/aromatic N) is 3. The molecule has 3 N–H and O–H groups in total. The summed E-state index contributed by atoms with van der Waals surface area (Å²) in [6.45, 7) is -0.238. The fourth-order valence-corrected chi connectivity index (χ4v) is 2.70. The predicted molar refractivity (Wildman–Crippen MR) is 109 cm³/mol. The van der Waals surface area contributed by atoms with E-state index in [1.807, 2.05) is 12.1 Å². The Labute approximate surface area is 165 Å². The van der Waals surface area contributed by atoms with E-state index in [4.69, 9.17) is 16.3 Å². The smallest absolute Gasteiger partial charge is 0.293 e. The molecule has 2 heterocycles. The van der Waals surface area contributed by atoms with Crippen LogP contribution >= 0.6 is 11.6 Å². The summed E-state index contributed by atoms with van der Waals surface area (Å²) in [4.78, 5) is 32.2. The minimum Gasteiger partial charge on any atom is -0.478 e. The van der Waals surface area contributed by atoms with Crippen LogP contribution in [0.3, 0.4) is 0 Å². The Kier molecular flexibility index (Phi) is 5.65. The van der Waals surface area contributed by atoms with Crippen molar-refractivity contribution in [2.45, 2.75) is 0 Å². The highest BCUT2D eigenvalue weighted by atomic mass is 35.5. The van der Waals surface area contributed by atoms with Gasteiger partial charge in [0.1, 0.15) is 5.02 Å². The van der Waals surface area contributed by atoms with E-state index < -0.39 is 0 Å². The predicted octanol–water partition coefficient (Wildman–Crippen LogP) is 1.89. The zero-order valence-electron chi connectivity index (χ0n) is 15.5. The van der Waals surface area contributed by atoms with Crippen LogP contribution in [-0.4, -0.2) is 41.1 Å². The number of rotatable bonds is 6. The van der Waals surface area contributed by atoms with Gasteiger partial charge in [0, 0.05) is 32.2 Å². The van der Waals surface area contributed by atoms with Gasteiger partial charge in [-0.15, -0.1) is 0 Å². The molecule has 0 atom stereocenters. The van der Waals surface area contributed by atoms with E-state index in [9.17, 15) is 9.59 Å². The van der Waals surface area contributed by atoms with Crippen molar-refractivity contribution in [3.63, 3.8) is 0 Å². The number of benzene rings is 1. The zero-order valence-corrected chi connectivity index (χ0v) is 16.3. The van der Waals surface area contributed by atoms with Gasteiger partial charge in [-0.25, -0.2) is 4.98 Å². The average Bonchev–Trinajstić information content (AvgIpc) is 2.70. The Bertz CT molecular complexity index is 1100. The molecule has 0 unspecified atom stereocenters. The van der Waals surface area contributed by atoms with Crippen LogP contribution in [-0.2, 0) is 11.8 Å². The quantitative estimate of drug-likeness (QED) is 0.577. The van der Waals surface area contributed by atoms with Crippen LogP contribution in [0.4, 0.5) is 17.5 Å². The Hall–Kier alpha value is -3.33. The number of pyridine rings is 1. The molecule has 0 saturated carbocycles. The van der Waals surface area contributed by atoms with Gasteiger partial charge in [-0.3, -0.25) is 9.59 Å². The largest absolute Gasteiger partial charge is 0.478 e. The van der Waals surface area contributed by atoms with Gasteiger partial charge in [-0.05, 0) is 24.3 Å². The second-order valence-corrected chi connectivity index (χ2v) is 6.28. The number of hydrogen-bond acceptors (Lipinski definition) is 7. The van der Waals surface area contributed by atoms with Crippen molar-refractivity contribution in [1.82, 2.24) is 19.9 Å². The Morgan fingerprint density at radius 3 is 2.79 bits per heavy atom. The molecule has 1 aromatic carbocycles. The normalized spacial score (nSPS) is 10.6. The van der Waals surface area contributed by atoms with Gasteiger partial charge in [0.2, 0.25) is 5.95 Å². The van der Waals surface area contributed by atoms with E-state index in [0.717, 1.165) is 5.39 Å². The molecule has 0 spiro atoms. The van der Waals surface area contributed by atoms with Gasteiger partial charge in [0.05, 0.1) is 11.7 Å². The van der Waals surface area contributed by atoms with E-state index in [-0.39, 0.29) is 23.8 Å². The molecule has 3 rings (SSSR count). The fourth-order valence-electron chi connectivity index (χ4n) is 2.56. The van der Waals surface area contributed by atoms with Crippen molar-refractivity contribution in [2.75, 3.05) is 31.3 Å². The van der Waals surface area contributed by atoms with Crippen molar-refractivity contribution in [3.8, 4) is 5.75 Å². The minimum absolute atomic E-state index is 0.0910. The number of aryl methyl sites for hydroxylation is 1. The first-order valence-corrected chi connectivity index (χ1v) is 8.75. The monoisotopic (exact) mass is 402 g/mol. The number of aromatic nitrogens is 3. The van der Waals surface area contributed by atoms with Gasteiger partial charge in [0.15, 0.2) is 18.2 Å². The summed E-state index contributed by atoms with van der Waals surface area (Å²) in [6.07, 6.45) is 1.50. The third-order valence-electron chi connectivity index (χ3n) is 4.06. The maximum atomic E-state index is 12.4. The number of carbonyl (C=O) groups excluding carboxylic acids is 1. The molecule has 9 nitrogen and oxygen atoms in total. The molecule has 3 aromatic rings. The highest BCUT2D eigenvalue weighted by Crippen LogP contribution is 2.26. The maximum Gasteiger partial charge on any atom is 0.293 e. The van der Waals surface area contributed by atoms with Crippen LogP contribution in [0, 0.1) is 0 Å². The Balaban J connectivity index is 1.97. The molecule has 0 fully saturated rings. The number of halogens is 1. The molecule has 0 aliphatic rings. The molecule has 146 valence electrons. The first kappa shape index (κ1) is 19.4. The van der Waals surface area contributed by atoms with Crippen LogP contribution in [0.15, 0.2) is 35.3 Å². The summed E-state index contributed by atoms with van der Waals surface area (Å²) in [5.74, 6) is 0.644. The SMILES string of the molecule is CNC(=O)COc1cc2cc(Nc3nc(NC)ncc3Cl)ccc2n(C)c1=O. The minimum atomic E-state index is -0.324. The van der Waals surface area contributed by atoms with Crippen molar-refractivity contribution in [3.05, 3.63) is 45.8 Å². The summed E-state index contributed by atoms with van der Waals surface area (Å²) >= 11 is 6.16. The summed E-state index contributed by atoms with van der Waals surface area (Å²) in [5, 5.41) is 9.55. The summed E-state index contributed by atoms with van der Waals surface area (Å²) < 4.78 is 6.84. The maximum absolute atomic E-state index is 12.4. The summed E-state index contributed by atoms with van der Waals surface area (Å²) in [6, 6.07) is 7.05. The molecule has 28 heavy (non-hydrogen) atoms. The summed E-state index contributed by atoms with van der Waals surface area (Å²) in [7, 11) is 4.86. The van der Waals surface area contributed by atoms with E-state index in [1.165, 1.54) is 17.8 Å². The Morgan fingerprint density at radius 2 is 2.07 bits per heavy atom. The van der Waals surface area contributed by atoms with Gasteiger partial charge >= 0.3 is 0 Å². The molecule has 1 amide bonds. The third kappa shape index (κ3) is 3.99. The number of nitrogens with one attached hydrogen (secondary N) is 3. The lowest BCUT2D eigenvalue weighted by Crippen LogP contribution is -2.27. The van der Waals surface area contributed by atoms with Crippen LogP contribution in [0.5, 0.6) is 5.75 Å². The van der Waals surface area contributed by atoms with Crippen molar-refractivity contribution >= 4 is 45.9 Å². The van der Waals surface area contributed by atoms with Gasteiger partial charge in [-0.1, -0.05) is 11.6 Å². The van der Waals surface area contributed by atoms with E-state index in [2.05, 4.69) is 25.9 Å². The number of amides is 1. The molecular formula is C18H19ClN6O3. The lowest BCUT2D eigenvalue weighted by molar-refractivity contribution is -0.122. The topological polar surface area (TPSA) is 110 Å². The van der Waals surface area contributed by atoms with Crippen LogP contribution < -0.4 is 26.2 Å². The molecule has 10 heteroatoms. The molecule has 0 radical (unpaired) electrons. The second kappa shape index (κ2) is 8.13. The lowest BCUT2D eigenvalue weighted by Gasteiger charge is -2.12. The van der Waals surface area contributed by atoms with E-state index >= 15 is 0 Å². The van der Waals surface area contributed by atoms with Gasteiger partial charge < -0.3 is 25.3 Å². The fraction of sp³-hybridized carbons (Fsp3) is 0.222. The first-order chi connectivity index (χ1) is 13.4. The lowest BCUT2D eigenvalue weighted by atomic mass is 10.2. The van der Waals surface area contributed by atoms with E-state index in [1.54, 1.807) is 26.2 Å². The first-order valence-electron chi connectivity index (χ1n) is 8.37. The zero-order chi connectivity index (χ0) is 20.3. The van der Waals surface area contributed by atoms with Gasteiger partial charge in [-0.2, -0.15) is 4.98 Å². The van der Waals surface area contributed by atoms with E-state index in [0.29, 0.717) is 28.0 Å². The number of ether oxygens (including phenoxy) is 1. The van der Waals surface area contributed by atoms with Gasteiger partial charge in [0.25, 0.3) is 11.5 Å². The molecule has 0 aliphatic carbocycles. The Morgan fingerprint density at radius 1 is 1.29 bits per heavy atom. The number of anilines is 3. The van der Waals surface area contributed by atoms with Crippen molar-refractivity contribution in [1.29, 1.82) is 0 Å². The highest BCUT2D eigenvalue weighted by Gasteiger charge is 2.11. The van der Waals surface area contributed by atoms with Crippen LogP contribution in [0.1, 0.15) is 0 Å². The number of likely N-dealkylation sites (N-methyl/N-ethyl adjacent to an activating group) is 1. The van der Waals surface area contributed by atoms with Crippen molar-refractivity contribution < 1.29 is 9.53 Å². The molecule has 0 aliphatic heterocycles. The second-order valence-electron chi connectivity index (χ2n) is 5.87.